The van der Waals surface area contributed by atoms with Gasteiger partial charge >= 0.3 is 0 Å². The van der Waals surface area contributed by atoms with Crippen molar-refractivity contribution >= 4 is 35.0 Å². The molecular weight excluding hydrogens is 299 g/mol. The number of halogens is 2. The Kier molecular flexibility index (Phi) is 5.11. The van der Waals surface area contributed by atoms with Crippen LogP contribution in [-0.2, 0) is 0 Å². The highest BCUT2D eigenvalue weighted by Crippen LogP contribution is 2.34. The van der Waals surface area contributed by atoms with E-state index in [2.05, 4.69) is 4.98 Å². The van der Waals surface area contributed by atoms with E-state index in [-0.39, 0.29) is 6.04 Å². The van der Waals surface area contributed by atoms with Gasteiger partial charge in [0, 0.05) is 27.1 Å². The molecule has 5 heteroatoms. The second-order valence-corrected chi connectivity index (χ2v) is 6.07. The fourth-order valence-corrected chi connectivity index (χ4v) is 2.88. The highest BCUT2D eigenvalue weighted by atomic mass is 35.5. The minimum atomic E-state index is -0.00573. The number of nitrogens with two attached hydrogens (primary N) is 1. The summed E-state index contributed by atoms with van der Waals surface area (Å²) in [6, 6.07) is 9.36. The molecule has 0 aliphatic carbocycles. The lowest BCUT2D eigenvalue weighted by Crippen LogP contribution is -2.10. The van der Waals surface area contributed by atoms with Gasteiger partial charge < -0.3 is 5.73 Å². The van der Waals surface area contributed by atoms with Crippen LogP contribution in [0.1, 0.15) is 25.1 Å². The summed E-state index contributed by atoms with van der Waals surface area (Å²) in [5.74, 6) is 0. The Labute approximate surface area is 127 Å². The summed E-state index contributed by atoms with van der Waals surface area (Å²) >= 11 is 13.6. The van der Waals surface area contributed by atoms with E-state index in [9.17, 15) is 0 Å². The summed E-state index contributed by atoms with van der Waals surface area (Å²) in [5, 5.41) is 1.35. The average molecular weight is 313 g/mol. The number of nitrogens with zero attached hydrogens (tertiary/aromatic N) is 1. The molecule has 0 saturated carbocycles. The number of benzene rings is 1. The van der Waals surface area contributed by atoms with Crippen LogP contribution in [0, 0.1) is 0 Å². The Balaban J connectivity index is 2.17. The number of pyridine rings is 1. The molecule has 1 atom stereocenters. The van der Waals surface area contributed by atoms with E-state index in [0.29, 0.717) is 10.0 Å². The van der Waals surface area contributed by atoms with E-state index in [0.717, 1.165) is 21.9 Å². The minimum Gasteiger partial charge on any atom is -0.323 e. The largest absolute Gasteiger partial charge is 0.323 e. The van der Waals surface area contributed by atoms with Gasteiger partial charge in [-0.1, -0.05) is 41.9 Å². The molecular formula is C14H14Cl2N2S. The van der Waals surface area contributed by atoms with E-state index in [1.165, 1.54) is 11.8 Å². The second kappa shape index (κ2) is 6.62. The van der Waals surface area contributed by atoms with E-state index in [1.807, 2.05) is 31.3 Å². The molecule has 0 aliphatic rings. The maximum Gasteiger partial charge on any atom is 0.0571 e. The molecule has 100 valence electrons. The van der Waals surface area contributed by atoms with Crippen molar-refractivity contribution in [1.82, 2.24) is 4.98 Å². The third-order valence-corrected chi connectivity index (χ3v) is 4.41. The molecule has 0 radical (unpaired) electrons. The quantitative estimate of drug-likeness (QED) is 0.868. The predicted molar refractivity (Wildman–Crippen MR) is 82.0 cm³/mol. The molecule has 0 bridgehead atoms. The van der Waals surface area contributed by atoms with E-state index in [4.69, 9.17) is 28.9 Å². The van der Waals surface area contributed by atoms with Crippen LogP contribution in [0.5, 0.6) is 0 Å². The monoisotopic (exact) mass is 312 g/mol. The van der Waals surface area contributed by atoms with Crippen LogP contribution >= 0.6 is 35.0 Å². The zero-order valence-corrected chi connectivity index (χ0v) is 12.8. The Bertz CT molecular complexity index is 558. The standard InChI is InChI=1S/C14H14Cl2N2S/c1-2-12(17)13-6-4-10(8-18-13)19-14-7-9(15)3-5-11(14)16/h3-8,12H,2,17H2,1H3/t12-/m1/s1. The fraction of sp³-hybridized carbons (Fsp3) is 0.214. The first-order valence-corrected chi connectivity index (χ1v) is 7.52. The first kappa shape index (κ1) is 14.7. The van der Waals surface area contributed by atoms with Gasteiger partial charge in [-0.25, -0.2) is 0 Å². The van der Waals surface area contributed by atoms with Crippen LogP contribution in [0.3, 0.4) is 0 Å². The first-order chi connectivity index (χ1) is 9.10. The number of hydrogen-bond donors (Lipinski definition) is 1. The molecule has 0 unspecified atom stereocenters. The summed E-state index contributed by atoms with van der Waals surface area (Å²) in [5.41, 5.74) is 6.84. The topological polar surface area (TPSA) is 38.9 Å². The van der Waals surface area contributed by atoms with Crippen LogP contribution in [0.25, 0.3) is 0 Å². The van der Waals surface area contributed by atoms with Gasteiger partial charge in [0.2, 0.25) is 0 Å². The van der Waals surface area contributed by atoms with Crippen LogP contribution < -0.4 is 5.73 Å². The Morgan fingerprint density at radius 1 is 1.26 bits per heavy atom. The van der Waals surface area contributed by atoms with Gasteiger partial charge in [0.05, 0.1) is 10.7 Å². The molecule has 2 N–H and O–H groups in total. The van der Waals surface area contributed by atoms with Crippen molar-refractivity contribution in [3.8, 4) is 0 Å². The van der Waals surface area contributed by atoms with Gasteiger partial charge in [-0.15, -0.1) is 0 Å². The van der Waals surface area contributed by atoms with Gasteiger partial charge in [0.15, 0.2) is 0 Å². The van der Waals surface area contributed by atoms with Gasteiger partial charge in [-0.2, -0.15) is 0 Å². The summed E-state index contributed by atoms with van der Waals surface area (Å²) in [6.07, 6.45) is 2.69. The first-order valence-electron chi connectivity index (χ1n) is 5.94. The molecule has 2 nitrogen and oxygen atoms in total. The molecule has 0 aliphatic heterocycles. The summed E-state index contributed by atoms with van der Waals surface area (Å²) in [7, 11) is 0. The lowest BCUT2D eigenvalue weighted by molar-refractivity contribution is 0.674. The molecule has 1 aromatic carbocycles. The maximum atomic E-state index is 6.13. The molecule has 0 amide bonds. The molecule has 1 aromatic heterocycles. The summed E-state index contributed by atoms with van der Waals surface area (Å²) in [6.45, 7) is 2.04. The number of hydrogen-bond acceptors (Lipinski definition) is 3. The third-order valence-electron chi connectivity index (χ3n) is 2.70. The smallest absolute Gasteiger partial charge is 0.0571 e. The molecule has 2 rings (SSSR count). The molecule has 0 fully saturated rings. The zero-order chi connectivity index (χ0) is 13.8. The van der Waals surface area contributed by atoms with Crippen molar-refractivity contribution in [2.45, 2.75) is 29.2 Å². The molecule has 19 heavy (non-hydrogen) atoms. The van der Waals surface area contributed by atoms with Crippen molar-refractivity contribution in [2.75, 3.05) is 0 Å². The molecule has 0 spiro atoms. The number of aromatic nitrogens is 1. The Morgan fingerprint density at radius 2 is 2.05 bits per heavy atom. The van der Waals surface area contributed by atoms with Crippen molar-refractivity contribution in [2.24, 2.45) is 5.73 Å². The van der Waals surface area contributed by atoms with E-state index in [1.54, 1.807) is 12.1 Å². The second-order valence-electron chi connectivity index (χ2n) is 4.11. The van der Waals surface area contributed by atoms with Crippen LogP contribution in [0.15, 0.2) is 46.3 Å². The van der Waals surface area contributed by atoms with Crippen LogP contribution in [-0.4, -0.2) is 4.98 Å². The Hall–Kier alpha value is -0.740. The minimum absolute atomic E-state index is 0.00573. The normalized spacial score (nSPS) is 12.4. The molecule has 2 aromatic rings. The summed E-state index contributed by atoms with van der Waals surface area (Å²) in [4.78, 5) is 6.31. The lowest BCUT2D eigenvalue weighted by atomic mass is 10.1. The van der Waals surface area contributed by atoms with Crippen molar-refractivity contribution in [3.63, 3.8) is 0 Å². The SMILES string of the molecule is CC[C@@H](N)c1ccc(Sc2cc(Cl)ccc2Cl)cn1. The average Bonchev–Trinajstić information content (AvgIpc) is 2.43. The highest BCUT2D eigenvalue weighted by molar-refractivity contribution is 7.99. The van der Waals surface area contributed by atoms with Gasteiger partial charge in [0.1, 0.15) is 0 Å². The predicted octanol–water partition coefficient (Wildman–Crippen LogP) is 4.95. The summed E-state index contributed by atoms with van der Waals surface area (Å²) < 4.78 is 0. The van der Waals surface area contributed by atoms with E-state index < -0.39 is 0 Å². The molecule has 0 saturated heterocycles. The fourth-order valence-electron chi connectivity index (χ4n) is 1.56. The Morgan fingerprint density at radius 3 is 2.68 bits per heavy atom. The van der Waals surface area contributed by atoms with Gasteiger partial charge in [-0.3, -0.25) is 4.98 Å². The van der Waals surface area contributed by atoms with Crippen molar-refractivity contribution in [3.05, 3.63) is 52.3 Å². The maximum absolute atomic E-state index is 6.13. The lowest BCUT2D eigenvalue weighted by Gasteiger charge is -2.09. The number of rotatable bonds is 4. The van der Waals surface area contributed by atoms with Crippen LogP contribution in [0.4, 0.5) is 0 Å². The zero-order valence-electron chi connectivity index (χ0n) is 10.4. The van der Waals surface area contributed by atoms with Crippen molar-refractivity contribution < 1.29 is 0 Å². The van der Waals surface area contributed by atoms with Gasteiger partial charge in [0.25, 0.3) is 0 Å². The van der Waals surface area contributed by atoms with Gasteiger partial charge in [-0.05, 0) is 36.8 Å². The third kappa shape index (κ3) is 3.86. The molecule has 1 heterocycles. The highest BCUT2D eigenvalue weighted by Gasteiger charge is 2.07. The van der Waals surface area contributed by atoms with Crippen LogP contribution in [0.2, 0.25) is 10.0 Å². The van der Waals surface area contributed by atoms with Crippen molar-refractivity contribution in [1.29, 1.82) is 0 Å². The van der Waals surface area contributed by atoms with E-state index >= 15 is 0 Å².